The monoisotopic (exact) mass is 272 g/mol. The number of amides is 1. The topological polar surface area (TPSA) is 42.0 Å². The molecule has 1 fully saturated rings. The molecule has 0 radical (unpaired) electrons. The summed E-state index contributed by atoms with van der Waals surface area (Å²) in [6.07, 6.45) is 3.20. The highest BCUT2D eigenvalue weighted by Gasteiger charge is 2.26. The van der Waals surface area contributed by atoms with Gasteiger partial charge in [0.25, 0.3) is 0 Å². The number of hydrogen-bond acceptors (Lipinski definition) is 3. The lowest BCUT2D eigenvalue weighted by atomic mass is 9.85. The molecule has 3 nitrogen and oxygen atoms in total. The molecule has 1 aliphatic rings. The Kier molecular flexibility index (Phi) is 3.34. The maximum absolute atomic E-state index is 11.9. The number of anilines is 1. The van der Waals surface area contributed by atoms with Crippen molar-refractivity contribution < 1.29 is 4.79 Å². The first-order chi connectivity index (χ1) is 9.24. The SMILES string of the molecule is Cc1sc(NC(=O)C2CCC2)nc1-c1ccccc1. The van der Waals surface area contributed by atoms with Crippen molar-refractivity contribution >= 4 is 22.4 Å². The zero-order chi connectivity index (χ0) is 13.2. The number of aryl methyl sites for hydroxylation is 1. The highest BCUT2D eigenvalue weighted by Crippen LogP contribution is 2.32. The zero-order valence-corrected chi connectivity index (χ0v) is 11.7. The Morgan fingerprint density at radius 1 is 1.32 bits per heavy atom. The van der Waals surface area contributed by atoms with Crippen molar-refractivity contribution in [3.63, 3.8) is 0 Å². The minimum absolute atomic E-state index is 0.125. The van der Waals surface area contributed by atoms with Gasteiger partial charge in [-0.15, -0.1) is 11.3 Å². The van der Waals surface area contributed by atoms with Gasteiger partial charge in [-0.25, -0.2) is 4.98 Å². The average molecular weight is 272 g/mol. The first-order valence-corrected chi connectivity index (χ1v) is 7.39. The predicted molar refractivity (Wildman–Crippen MR) is 78.3 cm³/mol. The normalized spacial score (nSPS) is 15.0. The molecular weight excluding hydrogens is 256 g/mol. The summed E-state index contributed by atoms with van der Waals surface area (Å²) in [6, 6.07) is 10.1. The second-order valence-electron chi connectivity index (χ2n) is 4.91. The van der Waals surface area contributed by atoms with Gasteiger partial charge in [0.1, 0.15) is 0 Å². The van der Waals surface area contributed by atoms with Crippen LogP contribution in [0, 0.1) is 12.8 Å². The first kappa shape index (κ1) is 12.4. The van der Waals surface area contributed by atoms with Crippen LogP contribution in [0.25, 0.3) is 11.3 Å². The number of carbonyl (C=O) groups is 1. The summed E-state index contributed by atoms with van der Waals surface area (Å²) in [4.78, 5) is 17.6. The van der Waals surface area contributed by atoms with E-state index in [9.17, 15) is 4.79 Å². The van der Waals surface area contributed by atoms with Crippen molar-refractivity contribution in [3.8, 4) is 11.3 Å². The van der Waals surface area contributed by atoms with Crippen molar-refractivity contribution in [2.45, 2.75) is 26.2 Å². The summed E-state index contributed by atoms with van der Waals surface area (Å²) in [7, 11) is 0. The van der Waals surface area contributed by atoms with Crippen LogP contribution in [0.4, 0.5) is 5.13 Å². The fourth-order valence-corrected chi connectivity index (χ4v) is 3.03. The summed E-state index contributed by atoms with van der Waals surface area (Å²) in [6.45, 7) is 2.04. The van der Waals surface area contributed by atoms with E-state index in [0.717, 1.165) is 29.0 Å². The van der Waals surface area contributed by atoms with E-state index in [1.807, 2.05) is 37.3 Å². The summed E-state index contributed by atoms with van der Waals surface area (Å²) < 4.78 is 0. The van der Waals surface area contributed by atoms with E-state index in [2.05, 4.69) is 10.3 Å². The van der Waals surface area contributed by atoms with Crippen LogP contribution < -0.4 is 5.32 Å². The minimum Gasteiger partial charge on any atom is -0.302 e. The van der Waals surface area contributed by atoms with Crippen LogP contribution in [0.1, 0.15) is 24.1 Å². The van der Waals surface area contributed by atoms with E-state index in [1.54, 1.807) is 11.3 Å². The maximum atomic E-state index is 11.9. The third kappa shape index (κ3) is 2.54. The third-order valence-corrected chi connectivity index (χ3v) is 4.44. The van der Waals surface area contributed by atoms with Crippen molar-refractivity contribution in [2.75, 3.05) is 5.32 Å². The van der Waals surface area contributed by atoms with E-state index in [-0.39, 0.29) is 11.8 Å². The Morgan fingerprint density at radius 2 is 2.05 bits per heavy atom. The molecule has 0 atom stereocenters. The smallest absolute Gasteiger partial charge is 0.229 e. The molecule has 0 spiro atoms. The Bertz CT molecular complexity index is 587. The Labute approximate surface area is 116 Å². The molecule has 2 aromatic rings. The van der Waals surface area contributed by atoms with Crippen LogP contribution in [-0.2, 0) is 4.79 Å². The summed E-state index contributed by atoms with van der Waals surface area (Å²) in [5, 5.41) is 3.66. The van der Waals surface area contributed by atoms with Gasteiger partial charge in [-0.3, -0.25) is 4.79 Å². The molecule has 1 aromatic carbocycles. The molecule has 1 N–H and O–H groups in total. The predicted octanol–water partition coefficient (Wildman–Crippen LogP) is 3.86. The van der Waals surface area contributed by atoms with Crippen LogP contribution in [0.5, 0.6) is 0 Å². The lowest BCUT2D eigenvalue weighted by Gasteiger charge is -2.23. The molecule has 3 rings (SSSR count). The molecule has 0 aliphatic heterocycles. The fraction of sp³-hybridized carbons (Fsp3) is 0.333. The highest BCUT2D eigenvalue weighted by atomic mass is 32.1. The van der Waals surface area contributed by atoms with Gasteiger partial charge < -0.3 is 5.32 Å². The Hall–Kier alpha value is -1.68. The van der Waals surface area contributed by atoms with Crippen LogP contribution >= 0.6 is 11.3 Å². The van der Waals surface area contributed by atoms with E-state index in [1.165, 1.54) is 6.42 Å². The number of nitrogens with one attached hydrogen (secondary N) is 1. The quantitative estimate of drug-likeness (QED) is 0.922. The van der Waals surface area contributed by atoms with Crippen molar-refractivity contribution in [3.05, 3.63) is 35.2 Å². The van der Waals surface area contributed by atoms with Gasteiger partial charge in [-0.2, -0.15) is 0 Å². The lowest BCUT2D eigenvalue weighted by molar-refractivity contribution is -0.122. The molecule has 0 unspecified atom stereocenters. The van der Waals surface area contributed by atoms with Gasteiger partial charge in [0.2, 0.25) is 5.91 Å². The largest absolute Gasteiger partial charge is 0.302 e. The second-order valence-corrected chi connectivity index (χ2v) is 6.11. The van der Waals surface area contributed by atoms with Crippen molar-refractivity contribution in [1.29, 1.82) is 0 Å². The molecule has 19 heavy (non-hydrogen) atoms. The van der Waals surface area contributed by atoms with Crippen LogP contribution in [0.15, 0.2) is 30.3 Å². The zero-order valence-electron chi connectivity index (χ0n) is 10.8. The number of hydrogen-bond donors (Lipinski definition) is 1. The second kappa shape index (κ2) is 5.13. The fourth-order valence-electron chi connectivity index (χ4n) is 2.19. The number of rotatable bonds is 3. The summed E-state index contributed by atoms with van der Waals surface area (Å²) in [5.74, 6) is 0.323. The standard InChI is InChI=1S/C15H16N2OS/c1-10-13(11-6-3-2-4-7-11)16-15(19-10)17-14(18)12-8-5-9-12/h2-4,6-7,12H,5,8-9H2,1H3,(H,16,17,18). The van der Waals surface area contributed by atoms with Gasteiger partial charge in [-0.05, 0) is 19.8 Å². The Morgan fingerprint density at radius 3 is 2.68 bits per heavy atom. The van der Waals surface area contributed by atoms with Crippen LogP contribution in [0.3, 0.4) is 0 Å². The molecule has 1 aromatic heterocycles. The molecule has 0 saturated heterocycles. The molecule has 0 bridgehead atoms. The van der Waals surface area contributed by atoms with E-state index in [4.69, 9.17) is 0 Å². The molecular formula is C15H16N2OS. The van der Waals surface area contributed by atoms with Gasteiger partial charge in [0, 0.05) is 16.4 Å². The number of nitrogens with zero attached hydrogens (tertiary/aromatic N) is 1. The number of benzene rings is 1. The van der Waals surface area contributed by atoms with Crippen molar-refractivity contribution in [1.82, 2.24) is 4.98 Å². The van der Waals surface area contributed by atoms with Gasteiger partial charge in [-0.1, -0.05) is 36.8 Å². The van der Waals surface area contributed by atoms with Gasteiger partial charge >= 0.3 is 0 Å². The maximum Gasteiger partial charge on any atom is 0.229 e. The Balaban J connectivity index is 1.79. The third-order valence-electron chi connectivity index (χ3n) is 3.55. The average Bonchev–Trinajstić information content (AvgIpc) is 2.69. The minimum atomic E-state index is 0.125. The molecule has 1 heterocycles. The molecule has 98 valence electrons. The van der Waals surface area contributed by atoms with E-state index >= 15 is 0 Å². The number of thiazole rings is 1. The molecule has 1 saturated carbocycles. The number of carbonyl (C=O) groups excluding carboxylic acids is 1. The van der Waals surface area contributed by atoms with E-state index < -0.39 is 0 Å². The van der Waals surface area contributed by atoms with Gasteiger partial charge in [0.05, 0.1) is 5.69 Å². The molecule has 1 aliphatic carbocycles. The highest BCUT2D eigenvalue weighted by molar-refractivity contribution is 7.16. The lowest BCUT2D eigenvalue weighted by Crippen LogP contribution is -2.27. The van der Waals surface area contributed by atoms with Crippen molar-refractivity contribution in [2.24, 2.45) is 5.92 Å². The van der Waals surface area contributed by atoms with Gasteiger partial charge in [0.15, 0.2) is 5.13 Å². The molecule has 1 amide bonds. The molecule has 4 heteroatoms. The first-order valence-electron chi connectivity index (χ1n) is 6.58. The van der Waals surface area contributed by atoms with Crippen LogP contribution in [0.2, 0.25) is 0 Å². The van der Waals surface area contributed by atoms with Crippen LogP contribution in [-0.4, -0.2) is 10.9 Å². The summed E-state index contributed by atoms with van der Waals surface area (Å²) >= 11 is 1.55. The van der Waals surface area contributed by atoms with E-state index in [0.29, 0.717) is 5.13 Å². The summed E-state index contributed by atoms with van der Waals surface area (Å²) in [5.41, 5.74) is 2.06. The number of aromatic nitrogens is 1.